The minimum absolute atomic E-state index is 0.356. The molecule has 3 atom stereocenters. The third kappa shape index (κ3) is 6.46. The smallest absolute Gasteiger partial charge is 0.325 e. The molecule has 204 valence electrons. The third-order valence-electron chi connectivity index (χ3n) is 6.93. The fourth-order valence-electron chi connectivity index (χ4n) is 4.66. The van der Waals surface area contributed by atoms with Crippen molar-refractivity contribution in [3.05, 3.63) is 95.6 Å². The fraction of sp³-hybridized carbons (Fsp3) is 0.323. The van der Waals surface area contributed by atoms with Gasteiger partial charge in [-0.1, -0.05) is 75.4 Å². The molecule has 8 nitrogen and oxygen atoms in total. The van der Waals surface area contributed by atoms with E-state index < -0.39 is 35.8 Å². The molecule has 4 rings (SSSR count). The number of hydrogen-bond acceptors (Lipinski definition) is 5. The van der Waals surface area contributed by atoms with Gasteiger partial charge in [-0.3, -0.25) is 9.59 Å². The summed E-state index contributed by atoms with van der Waals surface area (Å²) in [5.41, 5.74) is 3.19. The molecule has 3 aromatic carbocycles. The molecule has 1 unspecified atom stereocenters. The van der Waals surface area contributed by atoms with E-state index in [2.05, 4.69) is 24.5 Å². The molecule has 3 aromatic rings. The minimum Gasteiger partial charge on any atom is -0.491 e. The zero-order chi connectivity index (χ0) is 27.9. The fourth-order valence-corrected chi connectivity index (χ4v) is 4.66. The molecule has 1 fully saturated rings. The van der Waals surface area contributed by atoms with Gasteiger partial charge >= 0.3 is 6.03 Å². The number of urea groups is 1. The number of hydrogen-bond donors (Lipinski definition) is 2. The van der Waals surface area contributed by atoms with E-state index in [1.807, 2.05) is 61.5 Å². The molecule has 0 bridgehead atoms. The number of carbonyl (C=O) groups is 3. The number of amides is 4. The molecule has 0 radical (unpaired) electrons. The van der Waals surface area contributed by atoms with Crippen LogP contribution >= 0.6 is 0 Å². The summed E-state index contributed by atoms with van der Waals surface area (Å²) in [7, 11) is 1.60. The Hall–Kier alpha value is -4.17. The van der Waals surface area contributed by atoms with Crippen molar-refractivity contribution in [3.8, 4) is 5.75 Å². The SMILES string of the molecule is COCCOc1ccc(C2NC(=O)N([C@H](C(=O)Nc3ccc(C(C)C)cc3)[C@@H](C)c3ccccc3)C2=O)cc1. The predicted octanol–water partition coefficient (Wildman–Crippen LogP) is 5.24. The van der Waals surface area contributed by atoms with Crippen molar-refractivity contribution in [1.29, 1.82) is 0 Å². The van der Waals surface area contributed by atoms with E-state index in [1.54, 1.807) is 31.4 Å². The van der Waals surface area contributed by atoms with Crippen LogP contribution in [-0.2, 0) is 14.3 Å². The maximum absolute atomic E-state index is 13.7. The van der Waals surface area contributed by atoms with Crippen LogP contribution in [0.1, 0.15) is 55.3 Å². The molecule has 0 aliphatic carbocycles. The van der Waals surface area contributed by atoms with Gasteiger partial charge in [0.25, 0.3) is 5.91 Å². The molecule has 8 heteroatoms. The Morgan fingerprint density at radius 1 is 0.897 bits per heavy atom. The Morgan fingerprint density at radius 2 is 1.56 bits per heavy atom. The number of methoxy groups -OCH3 is 1. The quantitative estimate of drug-likeness (QED) is 0.262. The van der Waals surface area contributed by atoms with Crippen LogP contribution in [0, 0.1) is 0 Å². The average molecular weight is 530 g/mol. The lowest BCUT2D eigenvalue weighted by molar-refractivity contribution is -0.134. The first-order chi connectivity index (χ1) is 18.8. The second-order valence-electron chi connectivity index (χ2n) is 9.91. The molecule has 1 heterocycles. The van der Waals surface area contributed by atoms with Crippen molar-refractivity contribution < 1.29 is 23.9 Å². The molecule has 0 aromatic heterocycles. The summed E-state index contributed by atoms with van der Waals surface area (Å²) in [4.78, 5) is 41.7. The van der Waals surface area contributed by atoms with Gasteiger partial charge in [0.1, 0.15) is 24.4 Å². The van der Waals surface area contributed by atoms with Gasteiger partial charge in [0.2, 0.25) is 5.91 Å². The van der Waals surface area contributed by atoms with E-state index in [9.17, 15) is 14.4 Å². The Morgan fingerprint density at radius 3 is 2.18 bits per heavy atom. The van der Waals surface area contributed by atoms with E-state index >= 15 is 0 Å². The molecule has 1 saturated heterocycles. The van der Waals surface area contributed by atoms with Crippen LogP contribution in [0.4, 0.5) is 10.5 Å². The van der Waals surface area contributed by atoms with Crippen molar-refractivity contribution in [1.82, 2.24) is 10.2 Å². The van der Waals surface area contributed by atoms with E-state index in [1.165, 1.54) is 0 Å². The summed E-state index contributed by atoms with van der Waals surface area (Å²) in [5.74, 6) is -0.385. The van der Waals surface area contributed by atoms with Crippen molar-refractivity contribution in [2.45, 2.75) is 44.7 Å². The number of imide groups is 1. The number of rotatable bonds is 11. The molecular weight excluding hydrogens is 494 g/mol. The standard InChI is InChI=1S/C31H35N3O5/c1-20(2)22-10-14-25(15-11-22)32-29(35)28(21(3)23-8-6-5-7-9-23)34-30(36)27(33-31(34)37)24-12-16-26(17-13-24)39-19-18-38-4/h5-17,20-21,27-28H,18-19H2,1-4H3,(H,32,35)(H,33,37)/t21-,27?,28-/m0/s1. The first kappa shape index (κ1) is 27.9. The number of anilines is 1. The van der Waals surface area contributed by atoms with Crippen LogP contribution in [-0.4, -0.2) is 49.1 Å². The average Bonchev–Trinajstić information content (AvgIpc) is 3.23. The van der Waals surface area contributed by atoms with Gasteiger partial charge in [-0.2, -0.15) is 0 Å². The van der Waals surface area contributed by atoms with Crippen LogP contribution in [0.2, 0.25) is 0 Å². The normalized spacial score (nSPS) is 16.6. The molecule has 1 aliphatic rings. The summed E-state index contributed by atoms with van der Waals surface area (Å²) >= 11 is 0. The van der Waals surface area contributed by atoms with E-state index in [4.69, 9.17) is 9.47 Å². The first-order valence-electron chi connectivity index (χ1n) is 13.1. The molecule has 0 saturated carbocycles. The van der Waals surface area contributed by atoms with Crippen LogP contribution < -0.4 is 15.4 Å². The van der Waals surface area contributed by atoms with Crippen LogP contribution in [0.5, 0.6) is 5.75 Å². The highest BCUT2D eigenvalue weighted by molar-refractivity contribution is 6.09. The van der Waals surface area contributed by atoms with Crippen LogP contribution in [0.15, 0.2) is 78.9 Å². The minimum atomic E-state index is -1.06. The second kappa shape index (κ2) is 12.6. The van der Waals surface area contributed by atoms with Crippen molar-refractivity contribution in [2.75, 3.05) is 25.6 Å². The summed E-state index contributed by atoms with van der Waals surface area (Å²) < 4.78 is 10.6. The Labute approximate surface area is 229 Å². The monoisotopic (exact) mass is 529 g/mol. The lowest BCUT2D eigenvalue weighted by Gasteiger charge is -2.30. The summed E-state index contributed by atoms with van der Waals surface area (Å²) in [6, 6.07) is 21.4. The van der Waals surface area contributed by atoms with Gasteiger partial charge in [-0.15, -0.1) is 0 Å². The maximum atomic E-state index is 13.7. The number of ether oxygens (including phenoxy) is 2. The van der Waals surface area contributed by atoms with E-state index in [-0.39, 0.29) is 0 Å². The van der Waals surface area contributed by atoms with Gasteiger partial charge in [0.15, 0.2) is 0 Å². The van der Waals surface area contributed by atoms with Gasteiger partial charge in [-0.05, 0) is 46.9 Å². The number of carbonyl (C=O) groups excluding carboxylic acids is 3. The lowest BCUT2D eigenvalue weighted by Crippen LogP contribution is -2.50. The number of nitrogens with one attached hydrogen (secondary N) is 2. The molecule has 39 heavy (non-hydrogen) atoms. The molecule has 2 N–H and O–H groups in total. The van der Waals surface area contributed by atoms with Gasteiger partial charge in [0.05, 0.1) is 6.61 Å². The van der Waals surface area contributed by atoms with Crippen molar-refractivity contribution >= 4 is 23.5 Å². The van der Waals surface area contributed by atoms with E-state index in [0.717, 1.165) is 16.0 Å². The van der Waals surface area contributed by atoms with Crippen LogP contribution in [0.3, 0.4) is 0 Å². The van der Waals surface area contributed by atoms with E-state index in [0.29, 0.717) is 36.1 Å². The highest BCUT2D eigenvalue weighted by Gasteiger charge is 2.47. The zero-order valence-electron chi connectivity index (χ0n) is 22.7. The summed E-state index contributed by atoms with van der Waals surface area (Å²) in [6.07, 6.45) is 0. The highest BCUT2D eigenvalue weighted by Crippen LogP contribution is 2.31. The maximum Gasteiger partial charge on any atom is 0.325 e. The predicted molar refractivity (Wildman–Crippen MR) is 150 cm³/mol. The van der Waals surface area contributed by atoms with Crippen molar-refractivity contribution in [2.24, 2.45) is 0 Å². The van der Waals surface area contributed by atoms with Gasteiger partial charge in [0, 0.05) is 18.7 Å². The Bertz CT molecular complexity index is 1280. The molecule has 0 spiro atoms. The number of nitrogens with zero attached hydrogens (tertiary/aromatic N) is 1. The molecule has 4 amide bonds. The topological polar surface area (TPSA) is 97.0 Å². The summed E-state index contributed by atoms with van der Waals surface area (Å²) in [5, 5.41) is 5.69. The van der Waals surface area contributed by atoms with Gasteiger partial charge in [-0.25, -0.2) is 9.69 Å². The largest absolute Gasteiger partial charge is 0.491 e. The van der Waals surface area contributed by atoms with Crippen molar-refractivity contribution in [3.63, 3.8) is 0 Å². The first-order valence-corrected chi connectivity index (χ1v) is 13.1. The van der Waals surface area contributed by atoms with Gasteiger partial charge < -0.3 is 20.1 Å². The lowest BCUT2D eigenvalue weighted by atomic mass is 9.91. The Kier molecular flexibility index (Phi) is 8.99. The summed E-state index contributed by atoms with van der Waals surface area (Å²) in [6.45, 7) is 6.90. The van der Waals surface area contributed by atoms with Crippen LogP contribution in [0.25, 0.3) is 0 Å². The second-order valence-corrected chi connectivity index (χ2v) is 9.91. The Balaban J connectivity index is 1.59. The molecule has 1 aliphatic heterocycles. The highest BCUT2D eigenvalue weighted by atomic mass is 16.5. The molecular formula is C31H35N3O5. The third-order valence-corrected chi connectivity index (χ3v) is 6.93. The zero-order valence-corrected chi connectivity index (χ0v) is 22.7. The number of benzene rings is 3.